The first-order chi connectivity index (χ1) is 19.4. The lowest BCUT2D eigenvalue weighted by Gasteiger charge is -2.42. The van der Waals surface area contributed by atoms with E-state index in [4.69, 9.17) is 14.8 Å². The average Bonchev–Trinajstić information content (AvgIpc) is 3.46. The van der Waals surface area contributed by atoms with E-state index < -0.39 is 5.60 Å². The molecule has 1 fully saturated rings. The van der Waals surface area contributed by atoms with Crippen LogP contribution < -0.4 is 10.9 Å². The molecule has 5 rings (SSSR count). The Morgan fingerprint density at radius 3 is 2.59 bits per heavy atom. The number of carbonyl (C=O) groups is 1. The number of pyridine rings is 1. The number of hydrogen-bond donors (Lipinski definition) is 3. The van der Waals surface area contributed by atoms with E-state index in [1.54, 1.807) is 17.0 Å². The maximum Gasteiger partial charge on any atom is 0.410 e. The van der Waals surface area contributed by atoms with Gasteiger partial charge in [-0.05, 0) is 66.5 Å². The van der Waals surface area contributed by atoms with Crippen molar-refractivity contribution in [2.45, 2.75) is 91.1 Å². The number of amides is 1. The van der Waals surface area contributed by atoms with Crippen molar-refractivity contribution in [2.75, 3.05) is 5.32 Å². The fourth-order valence-electron chi connectivity index (χ4n) is 5.38. The number of fused-ring (bicyclic) bond motifs is 1. The summed E-state index contributed by atoms with van der Waals surface area (Å²) in [6.07, 6.45) is 1.34. The van der Waals surface area contributed by atoms with Gasteiger partial charge >= 0.3 is 6.09 Å². The Labute approximate surface area is 241 Å². The summed E-state index contributed by atoms with van der Waals surface area (Å²) in [5, 5.41) is 20.2. The van der Waals surface area contributed by atoms with Crippen LogP contribution in [0, 0.1) is 6.92 Å². The zero-order valence-corrected chi connectivity index (χ0v) is 24.9. The summed E-state index contributed by atoms with van der Waals surface area (Å²) in [5.41, 5.74) is 1.66. The first-order valence-corrected chi connectivity index (χ1v) is 14.6. The van der Waals surface area contributed by atoms with E-state index in [-0.39, 0.29) is 36.4 Å². The predicted molar refractivity (Wildman–Crippen MR) is 157 cm³/mol. The highest BCUT2D eigenvalue weighted by atomic mass is 32.1. The van der Waals surface area contributed by atoms with Crippen LogP contribution in [0.2, 0.25) is 0 Å². The van der Waals surface area contributed by atoms with Crippen molar-refractivity contribution in [1.82, 2.24) is 34.6 Å². The SMILES string of the molecule is Cc1nn(C2C[C@@H](C)N(C(=O)OC(C)(C)C)[C@@H](C)C2)c2nc(Cc3csc(Nc4cccc(CO)n4)n3)[nH]c(=O)c12. The molecule has 4 aromatic rings. The van der Waals surface area contributed by atoms with Gasteiger partial charge in [0.2, 0.25) is 0 Å². The zero-order valence-electron chi connectivity index (χ0n) is 24.1. The quantitative estimate of drug-likeness (QED) is 0.300. The molecule has 0 aromatic carbocycles. The van der Waals surface area contributed by atoms with Crippen LogP contribution >= 0.6 is 11.3 Å². The number of nitrogens with one attached hydrogen (secondary N) is 2. The smallest absolute Gasteiger partial charge is 0.410 e. The minimum absolute atomic E-state index is 0.0331. The van der Waals surface area contributed by atoms with Gasteiger partial charge in [-0.3, -0.25) is 4.79 Å². The van der Waals surface area contributed by atoms with E-state index in [9.17, 15) is 14.7 Å². The van der Waals surface area contributed by atoms with Gasteiger partial charge in [-0.15, -0.1) is 11.3 Å². The minimum atomic E-state index is -0.569. The van der Waals surface area contributed by atoms with Crippen molar-refractivity contribution < 1.29 is 14.6 Å². The van der Waals surface area contributed by atoms with Crippen LogP contribution in [0.1, 0.15) is 76.4 Å². The second-order valence-corrected chi connectivity index (χ2v) is 12.4. The molecule has 1 aliphatic heterocycles. The number of carbonyl (C=O) groups excluding carboxylic acids is 1. The fourth-order valence-corrected chi connectivity index (χ4v) is 6.10. The normalized spacial score (nSPS) is 19.5. The van der Waals surface area contributed by atoms with Gasteiger partial charge in [0.1, 0.15) is 22.6 Å². The highest BCUT2D eigenvalue weighted by molar-refractivity contribution is 7.13. The average molecular weight is 581 g/mol. The molecule has 0 radical (unpaired) electrons. The van der Waals surface area contributed by atoms with Gasteiger partial charge in [-0.1, -0.05) is 6.07 Å². The molecule has 12 nitrogen and oxygen atoms in total. The zero-order chi connectivity index (χ0) is 29.5. The molecule has 1 saturated heterocycles. The Balaban J connectivity index is 1.37. The molecule has 218 valence electrons. The first-order valence-electron chi connectivity index (χ1n) is 13.7. The second-order valence-electron chi connectivity index (χ2n) is 11.6. The van der Waals surface area contributed by atoms with E-state index in [1.165, 1.54) is 11.3 Å². The number of piperidine rings is 1. The number of ether oxygens (including phenoxy) is 1. The number of H-pyrrole nitrogens is 1. The van der Waals surface area contributed by atoms with Crippen molar-refractivity contribution in [3.63, 3.8) is 0 Å². The summed E-state index contributed by atoms with van der Waals surface area (Å²) < 4.78 is 7.51. The van der Waals surface area contributed by atoms with Crippen LogP contribution in [0.5, 0.6) is 0 Å². The van der Waals surface area contributed by atoms with Gasteiger partial charge in [0.05, 0.1) is 29.7 Å². The van der Waals surface area contributed by atoms with Crippen LogP contribution in [0.25, 0.3) is 11.0 Å². The molecule has 1 amide bonds. The number of aliphatic hydroxyl groups excluding tert-OH is 1. The third-order valence-electron chi connectivity index (χ3n) is 7.02. The molecule has 5 heterocycles. The fraction of sp³-hybridized carbons (Fsp3) is 0.500. The second kappa shape index (κ2) is 11.2. The van der Waals surface area contributed by atoms with Gasteiger partial charge in [-0.25, -0.2) is 24.4 Å². The number of hydrogen-bond acceptors (Lipinski definition) is 10. The summed E-state index contributed by atoms with van der Waals surface area (Å²) in [4.78, 5) is 44.5. The molecule has 13 heteroatoms. The van der Waals surface area contributed by atoms with E-state index >= 15 is 0 Å². The molecular formula is C28H36N8O4S. The van der Waals surface area contributed by atoms with Gasteiger partial charge in [-0.2, -0.15) is 5.10 Å². The number of anilines is 2. The molecule has 0 aliphatic carbocycles. The third-order valence-corrected chi connectivity index (χ3v) is 7.82. The summed E-state index contributed by atoms with van der Waals surface area (Å²) in [6.45, 7) is 11.3. The van der Waals surface area contributed by atoms with Crippen LogP contribution in [0.3, 0.4) is 0 Å². The molecule has 1 aliphatic rings. The van der Waals surface area contributed by atoms with Crippen molar-refractivity contribution in [1.29, 1.82) is 0 Å². The lowest BCUT2D eigenvalue weighted by molar-refractivity contribution is -0.00668. The topological polar surface area (TPSA) is 151 Å². The van der Waals surface area contributed by atoms with Crippen molar-refractivity contribution in [2.24, 2.45) is 0 Å². The highest BCUT2D eigenvalue weighted by Crippen LogP contribution is 2.34. The van der Waals surface area contributed by atoms with Gasteiger partial charge in [0.15, 0.2) is 10.8 Å². The van der Waals surface area contributed by atoms with E-state index in [0.29, 0.717) is 58.5 Å². The van der Waals surface area contributed by atoms with Crippen LogP contribution in [0.15, 0.2) is 28.4 Å². The molecule has 41 heavy (non-hydrogen) atoms. The number of rotatable bonds is 6. The van der Waals surface area contributed by atoms with E-state index in [2.05, 4.69) is 20.3 Å². The van der Waals surface area contributed by atoms with Crippen molar-refractivity contribution in [3.05, 3.63) is 56.8 Å². The lowest BCUT2D eigenvalue weighted by atomic mass is 9.93. The Morgan fingerprint density at radius 1 is 1.17 bits per heavy atom. The van der Waals surface area contributed by atoms with E-state index in [0.717, 1.165) is 5.69 Å². The van der Waals surface area contributed by atoms with Crippen molar-refractivity contribution in [3.8, 4) is 0 Å². The van der Waals surface area contributed by atoms with Crippen LogP contribution in [-0.2, 0) is 17.8 Å². The number of aliphatic hydroxyl groups is 1. The Morgan fingerprint density at radius 2 is 1.90 bits per heavy atom. The monoisotopic (exact) mass is 580 g/mol. The Kier molecular flexibility index (Phi) is 7.84. The molecule has 0 spiro atoms. The largest absolute Gasteiger partial charge is 0.444 e. The van der Waals surface area contributed by atoms with Crippen molar-refractivity contribution >= 4 is 39.4 Å². The number of nitrogens with zero attached hydrogens (tertiary/aromatic N) is 6. The molecular weight excluding hydrogens is 544 g/mol. The molecule has 4 aromatic heterocycles. The maximum atomic E-state index is 13.1. The summed E-state index contributed by atoms with van der Waals surface area (Å²) in [7, 11) is 0. The van der Waals surface area contributed by atoms with Gasteiger partial charge < -0.3 is 25.0 Å². The first kappa shape index (κ1) is 28.7. The standard InChI is InChI=1S/C28H36N8O4S/c1-15-10-20(11-16(2)35(15)27(39)40-28(4,5)6)36-24-23(17(3)34-36)25(38)32-22(31-24)12-19-14-41-26(30-19)33-21-9-7-8-18(13-37)29-21/h7-9,14-16,20,37H,10-13H2,1-6H3,(H,29,30,33)(H,31,32,38)/t15-,16+,20?. The molecule has 0 bridgehead atoms. The minimum Gasteiger partial charge on any atom is -0.444 e. The van der Waals surface area contributed by atoms with Crippen LogP contribution in [-0.4, -0.2) is 63.5 Å². The lowest BCUT2D eigenvalue weighted by Crippen LogP contribution is -2.51. The number of thiazole rings is 1. The Bertz CT molecular complexity index is 1610. The molecule has 1 unspecified atom stereocenters. The summed E-state index contributed by atoms with van der Waals surface area (Å²) >= 11 is 1.42. The van der Waals surface area contributed by atoms with Gasteiger partial charge in [0.25, 0.3) is 5.56 Å². The number of aromatic nitrogens is 6. The van der Waals surface area contributed by atoms with Crippen LogP contribution in [0.4, 0.5) is 15.7 Å². The molecule has 3 N–H and O–H groups in total. The van der Waals surface area contributed by atoms with E-state index in [1.807, 2.05) is 57.7 Å². The number of likely N-dealkylation sites (tertiary alicyclic amines) is 1. The third kappa shape index (κ3) is 6.25. The number of aryl methyl sites for hydroxylation is 1. The van der Waals surface area contributed by atoms with Gasteiger partial charge in [0, 0.05) is 23.9 Å². The predicted octanol–water partition coefficient (Wildman–Crippen LogP) is 4.46. The summed E-state index contributed by atoms with van der Waals surface area (Å²) in [6, 6.07) is 5.17. The maximum absolute atomic E-state index is 13.1. The number of aromatic amines is 1. The summed E-state index contributed by atoms with van der Waals surface area (Å²) in [5.74, 6) is 1.08. The Hall–Kier alpha value is -3.84. The molecule has 3 atom stereocenters. The highest BCUT2D eigenvalue weighted by Gasteiger charge is 2.38. The molecule has 0 saturated carbocycles.